The highest BCUT2D eigenvalue weighted by Crippen LogP contribution is 2.59. The van der Waals surface area contributed by atoms with Gasteiger partial charge in [-0.25, -0.2) is 0 Å². The first kappa shape index (κ1) is 42.1. The highest BCUT2D eigenvalue weighted by molar-refractivity contribution is 6.30. The summed E-state index contributed by atoms with van der Waals surface area (Å²) in [5, 5.41) is 0. The molecule has 0 bridgehead atoms. The molecule has 2 aliphatic carbocycles. The first-order chi connectivity index (χ1) is 29.2. The lowest BCUT2D eigenvalue weighted by Crippen LogP contribution is -2.55. The average Bonchev–Trinajstić information content (AvgIpc) is 3.64. The minimum absolute atomic E-state index is 0.263. The van der Waals surface area contributed by atoms with E-state index in [1.807, 2.05) is 62.3 Å². The zero-order chi connectivity index (χ0) is 44.8. The van der Waals surface area contributed by atoms with Crippen LogP contribution in [0.4, 0.5) is 32.0 Å². The molecular formula is C51H39F6NO4. The molecule has 0 radical (unpaired) electrons. The molecule has 0 saturated heterocycles. The third-order valence-electron chi connectivity index (χ3n) is 12.6. The number of hydrogen-bond acceptors (Lipinski definition) is 5. The number of benzene rings is 6. The van der Waals surface area contributed by atoms with E-state index >= 15 is 26.3 Å². The van der Waals surface area contributed by atoms with Crippen molar-refractivity contribution in [2.24, 2.45) is 0 Å². The van der Waals surface area contributed by atoms with Crippen LogP contribution >= 0.6 is 0 Å². The van der Waals surface area contributed by atoms with Gasteiger partial charge in [0.1, 0.15) is 5.92 Å². The molecule has 6 aromatic carbocycles. The van der Waals surface area contributed by atoms with Gasteiger partial charge in [0.15, 0.2) is 23.1 Å². The second-order valence-corrected chi connectivity index (χ2v) is 16.3. The summed E-state index contributed by atoms with van der Waals surface area (Å²) < 4.78 is 91.9. The standard InChI is InChI=1S/C51H39F6NO4/c1-27-23-31(48(32-18-22-44(58(5)6)28(2)24-32)42-13-9-7-11-37(42)38-12-8-10-14-43(38)48)15-19-35(27)45-46(61)39-21-17-34(26-41(39)47(45)62)49(50(52,53)54,51(55,56)57)33-16-20-36(29(3)59)40(25-33)30(4)60/h7-26,45H,1-6H3. The Balaban J connectivity index is 1.27. The van der Waals surface area contributed by atoms with Gasteiger partial charge in [0.25, 0.3) is 0 Å². The molecule has 0 aliphatic heterocycles. The maximum atomic E-state index is 15.3. The molecule has 5 nitrogen and oxygen atoms in total. The van der Waals surface area contributed by atoms with Crippen molar-refractivity contribution in [3.8, 4) is 11.1 Å². The summed E-state index contributed by atoms with van der Waals surface area (Å²) in [6, 6.07) is 31.4. The summed E-state index contributed by atoms with van der Waals surface area (Å²) in [5.41, 5.74) is -1.45. The lowest BCUT2D eigenvalue weighted by Gasteiger charge is -2.38. The molecule has 0 amide bonds. The number of hydrogen-bond donors (Lipinski definition) is 0. The molecule has 0 saturated carbocycles. The number of rotatable bonds is 8. The van der Waals surface area contributed by atoms with Crippen LogP contribution in [0.15, 0.2) is 121 Å². The summed E-state index contributed by atoms with van der Waals surface area (Å²) in [4.78, 5) is 55.2. The van der Waals surface area contributed by atoms with Crippen molar-refractivity contribution in [3.63, 3.8) is 0 Å². The maximum absolute atomic E-state index is 15.3. The molecule has 62 heavy (non-hydrogen) atoms. The predicted molar refractivity (Wildman–Crippen MR) is 225 cm³/mol. The second kappa shape index (κ2) is 14.5. The number of fused-ring (bicyclic) bond motifs is 4. The number of aryl methyl sites for hydroxylation is 2. The largest absolute Gasteiger partial charge is 0.411 e. The SMILES string of the molecule is CC(=O)c1ccc(C(c2ccc3c(c2)C(=O)C(c2ccc(C4(c5ccc(N(C)C)c(C)c5)c5ccccc5-c5ccccc54)cc2C)C3=O)(C(F)(F)F)C(F)(F)F)cc1C(C)=O. The monoisotopic (exact) mass is 843 g/mol. The van der Waals surface area contributed by atoms with Gasteiger partial charge in [-0.3, -0.25) is 19.2 Å². The zero-order valence-corrected chi connectivity index (χ0v) is 34.5. The first-order valence-electron chi connectivity index (χ1n) is 19.8. The fourth-order valence-corrected chi connectivity index (χ4v) is 9.91. The molecule has 1 unspecified atom stereocenters. The van der Waals surface area contributed by atoms with E-state index in [0.717, 1.165) is 70.6 Å². The fraction of sp³-hybridized carbons (Fsp3) is 0.216. The van der Waals surface area contributed by atoms with Gasteiger partial charge >= 0.3 is 12.4 Å². The van der Waals surface area contributed by atoms with Crippen molar-refractivity contribution in [1.29, 1.82) is 0 Å². The zero-order valence-electron chi connectivity index (χ0n) is 34.5. The van der Waals surface area contributed by atoms with Crippen LogP contribution in [0.25, 0.3) is 11.1 Å². The highest BCUT2D eigenvalue weighted by atomic mass is 19.4. The van der Waals surface area contributed by atoms with Crippen LogP contribution in [-0.2, 0) is 10.8 Å². The van der Waals surface area contributed by atoms with Crippen molar-refractivity contribution in [2.45, 2.75) is 56.8 Å². The van der Waals surface area contributed by atoms with Crippen LogP contribution in [0.5, 0.6) is 0 Å². The topological polar surface area (TPSA) is 71.5 Å². The lowest BCUT2D eigenvalue weighted by molar-refractivity contribution is -0.288. The van der Waals surface area contributed by atoms with Crippen molar-refractivity contribution in [1.82, 2.24) is 0 Å². The molecule has 11 heteroatoms. The highest BCUT2D eigenvalue weighted by Gasteiger charge is 2.73. The summed E-state index contributed by atoms with van der Waals surface area (Å²) in [7, 11) is 3.93. The van der Waals surface area contributed by atoms with Gasteiger partial charge < -0.3 is 4.90 Å². The lowest BCUT2D eigenvalue weighted by atomic mass is 9.67. The van der Waals surface area contributed by atoms with Gasteiger partial charge in [0, 0.05) is 42.0 Å². The van der Waals surface area contributed by atoms with E-state index in [1.165, 1.54) is 0 Å². The van der Waals surface area contributed by atoms with Crippen molar-refractivity contribution in [3.05, 3.63) is 194 Å². The van der Waals surface area contributed by atoms with Crippen molar-refractivity contribution in [2.75, 3.05) is 19.0 Å². The minimum Gasteiger partial charge on any atom is -0.377 e. The van der Waals surface area contributed by atoms with Crippen LogP contribution in [0, 0.1) is 13.8 Å². The molecule has 1 atom stereocenters. The van der Waals surface area contributed by atoms with E-state index in [2.05, 4.69) is 42.5 Å². The maximum Gasteiger partial charge on any atom is 0.411 e. The van der Waals surface area contributed by atoms with Crippen LogP contribution in [0.3, 0.4) is 0 Å². The van der Waals surface area contributed by atoms with Gasteiger partial charge in [-0.2, -0.15) is 26.3 Å². The molecule has 0 aromatic heterocycles. The van der Waals surface area contributed by atoms with E-state index in [4.69, 9.17) is 0 Å². The van der Waals surface area contributed by atoms with E-state index in [0.29, 0.717) is 29.8 Å². The molecule has 8 rings (SSSR count). The Morgan fingerprint density at radius 2 is 1.05 bits per heavy atom. The number of carbonyl (C=O) groups excluding carboxylic acids is 4. The van der Waals surface area contributed by atoms with Crippen molar-refractivity contribution >= 4 is 28.8 Å². The Bertz CT molecular complexity index is 2850. The van der Waals surface area contributed by atoms with Crippen LogP contribution in [0.1, 0.15) is 111 Å². The predicted octanol–water partition coefficient (Wildman–Crippen LogP) is 11.7. The molecule has 0 spiro atoms. The molecule has 6 aromatic rings. The number of anilines is 1. The average molecular weight is 844 g/mol. The summed E-state index contributed by atoms with van der Waals surface area (Å²) in [6.45, 7) is 5.73. The minimum atomic E-state index is -6.07. The summed E-state index contributed by atoms with van der Waals surface area (Å²) in [6.07, 6.45) is -12.1. The third-order valence-corrected chi connectivity index (χ3v) is 12.6. The quantitative estimate of drug-likeness (QED) is 0.0866. The Hall–Kier alpha value is -6.62. The Labute approximate surface area is 354 Å². The van der Waals surface area contributed by atoms with E-state index in [1.54, 1.807) is 13.0 Å². The molecule has 0 fully saturated rings. The van der Waals surface area contributed by atoms with Crippen molar-refractivity contribution < 1.29 is 45.5 Å². The normalized spacial score (nSPS) is 15.6. The second-order valence-electron chi connectivity index (χ2n) is 16.3. The van der Waals surface area contributed by atoms with E-state index < -0.39 is 74.5 Å². The number of ketones is 4. The van der Waals surface area contributed by atoms with Gasteiger partial charge in [0.2, 0.25) is 5.41 Å². The smallest absolute Gasteiger partial charge is 0.377 e. The molecule has 314 valence electrons. The van der Waals surface area contributed by atoms with Gasteiger partial charge in [-0.15, -0.1) is 0 Å². The number of nitrogens with zero attached hydrogens (tertiary/aromatic N) is 1. The molecule has 0 N–H and O–H groups in total. The van der Waals surface area contributed by atoms with Crippen LogP contribution in [0.2, 0.25) is 0 Å². The molecule has 2 aliphatic rings. The number of alkyl halides is 6. The summed E-state index contributed by atoms with van der Waals surface area (Å²) in [5.74, 6) is -4.90. The van der Waals surface area contributed by atoms with Crippen LogP contribution in [-0.4, -0.2) is 49.6 Å². The van der Waals surface area contributed by atoms with E-state index in [9.17, 15) is 19.2 Å². The Morgan fingerprint density at radius 1 is 0.548 bits per heavy atom. The number of halogens is 6. The molecule has 0 heterocycles. The van der Waals surface area contributed by atoms with E-state index in [-0.39, 0.29) is 16.7 Å². The van der Waals surface area contributed by atoms with Gasteiger partial charge in [-0.1, -0.05) is 103 Å². The van der Waals surface area contributed by atoms with Gasteiger partial charge in [-0.05, 0) is 107 Å². The number of carbonyl (C=O) groups is 4. The number of Topliss-reactive ketones (excluding diaryl/α,β-unsaturated/α-hetero) is 4. The first-order valence-corrected chi connectivity index (χ1v) is 19.8. The fourth-order valence-electron chi connectivity index (χ4n) is 9.91. The Morgan fingerprint density at radius 3 is 1.56 bits per heavy atom. The summed E-state index contributed by atoms with van der Waals surface area (Å²) >= 11 is 0. The Kier molecular flexibility index (Phi) is 9.84. The van der Waals surface area contributed by atoms with Gasteiger partial charge in [0.05, 0.1) is 5.41 Å². The molecular weight excluding hydrogens is 805 g/mol. The van der Waals surface area contributed by atoms with Crippen LogP contribution < -0.4 is 4.90 Å². The third kappa shape index (κ3) is 5.91.